The van der Waals surface area contributed by atoms with Gasteiger partial charge in [0.1, 0.15) is 11.4 Å². The average molecular weight is 551 g/mol. The van der Waals surface area contributed by atoms with Crippen molar-refractivity contribution in [2.24, 2.45) is 0 Å². The van der Waals surface area contributed by atoms with Gasteiger partial charge in [-0.15, -0.1) is 0 Å². The number of aryl methyl sites for hydroxylation is 2. The van der Waals surface area contributed by atoms with E-state index in [1.807, 2.05) is 86.6 Å². The van der Waals surface area contributed by atoms with Crippen LogP contribution in [0.15, 0.2) is 109 Å². The third-order valence-electron chi connectivity index (χ3n) is 7.61. The predicted molar refractivity (Wildman–Crippen MR) is 170 cm³/mol. The summed E-state index contributed by atoms with van der Waals surface area (Å²) in [5.74, 6) is -0.434. The Morgan fingerprint density at radius 1 is 0.500 bits per heavy atom. The van der Waals surface area contributed by atoms with E-state index in [1.165, 1.54) is 0 Å². The number of hydrogen-bond donors (Lipinski definition) is 0. The lowest BCUT2D eigenvalue weighted by Crippen LogP contribution is -2.29. The number of aromatic nitrogens is 2. The van der Waals surface area contributed by atoms with Crippen LogP contribution in [0.3, 0.4) is 0 Å². The molecule has 0 spiro atoms. The fourth-order valence-electron chi connectivity index (χ4n) is 5.49. The van der Waals surface area contributed by atoms with Gasteiger partial charge in [0.2, 0.25) is 0 Å². The molecule has 0 saturated carbocycles. The van der Waals surface area contributed by atoms with Gasteiger partial charge in [0.05, 0.1) is 11.4 Å². The van der Waals surface area contributed by atoms with Gasteiger partial charge in [-0.2, -0.15) is 0 Å². The monoisotopic (exact) mass is 550 g/mol. The van der Waals surface area contributed by atoms with Crippen LogP contribution in [0.1, 0.15) is 32.4 Å². The predicted octanol–water partition coefficient (Wildman–Crippen LogP) is 7.62. The molecule has 206 valence electrons. The second-order valence-electron chi connectivity index (χ2n) is 10.4. The van der Waals surface area contributed by atoms with Crippen molar-refractivity contribution in [3.8, 4) is 11.1 Å². The Kier molecular flexibility index (Phi) is 6.97. The Bertz CT molecular complexity index is 1850. The summed E-state index contributed by atoms with van der Waals surface area (Å²) < 4.78 is 0. The summed E-state index contributed by atoms with van der Waals surface area (Å²) in [6, 6.07) is 35.1. The van der Waals surface area contributed by atoms with E-state index in [4.69, 9.17) is 0 Å². The van der Waals surface area contributed by atoms with Crippen molar-refractivity contribution >= 4 is 44.7 Å². The maximum atomic E-state index is 13.8. The highest BCUT2D eigenvalue weighted by Gasteiger charge is 2.26. The third-order valence-corrected chi connectivity index (χ3v) is 7.61. The van der Waals surface area contributed by atoms with Gasteiger partial charge in [0.25, 0.3) is 11.8 Å². The Balaban J connectivity index is 1.63. The Morgan fingerprint density at radius 2 is 0.905 bits per heavy atom. The number of carbonyl (C=O) groups excluding carboxylic acids is 2. The van der Waals surface area contributed by atoms with Crippen molar-refractivity contribution < 1.29 is 9.59 Å². The van der Waals surface area contributed by atoms with Crippen LogP contribution in [0.5, 0.6) is 0 Å². The molecule has 0 radical (unpaired) electrons. The first-order valence-corrected chi connectivity index (χ1v) is 13.8. The number of anilines is 2. The summed E-state index contributed by atoms with van der Waals surface area (Å²) in [7, 11) is 3.55. The van der Waals surface area contributed by atoms with Crippen LogP contribution in [0.4, 0.5) is 11.4 Å². The van der Waals surface area contributed by atoms with Crippen LogP contribution in [0.25, 0.3) is 32.7 Å². The minimum Gasteiger partial charge on any atom is -0.309 e. The molecule has 42 heavy (non-hydrogen) atoms. The summed E-state index contributed by atoms with van der Waals surface area (Å²) in [4.78, 5) is 39.9. The molecule has 0 aliphatic rings. The highest BCUT2D eigenvalue weighted by atomic mass is 16.2. The Labute approximate surface area is 244 Å². The smallest absolute Gasteiger partial charge is 0.276 e. The Hall–Kier alpha value is -5.36. The van der Waals surface area contributed by atoms with Crippen LogP contribution in [0.2, 0.25) is 0 Å². The molecule has 0 aliphatic heterocycles. The molecule has 6 aromatic rings. The zero-order chi connectivity index (χ0) is 29.4. The van der Waals surface area contributed by atoms with Crippen molar-refractivity contribution in [1.82, 2.24) is 9.97 Å². The van der Waals surface area contributed by atoms with Crippen molar-refractivity contribution in [2.45, 2.75) is 13.8 Å². The van der Waals surface area contributed by atoms with E-state index in [9.17, 15) is 9.59 Å². The molecule has 6 heteroatoms. The van der Waals surface area contributed by atoms with E-state index >= 15 is 0 Å². The maximum Gasteiger partial charge on any atom is 0.276 e. The number of fused-ring (bicyclic) bond motifs is 2. The highest BCUT2D eigenvalue weighted by molar-refractivity contribution is 6.19. The van der Waals surface area contributed by atoms with Gasteiger partial charge in [0, 0.05) is 36.6 Å². The van der Waals surface area contributed by atoms with E-state index in [-0.39, 0.29) is 11.8 Å². The molecule has 2 heterocycles. The lowest BCUT2D eigenvalue weighted by molar-refractivity contribution is 0.0980. The maximum absolute atomic E-state index is 13.8. The van der Waals surface area contributed by atoms with Gasteiger partial charge >= 0.3 is 0 Å². The highest BCUT2D eigenvalue weighted by Crippen LogP contribution is 2.45. The van der Waals surface area contributed by atoms with Gasteiger partial charge in [0.15, 0.2) is 0 Å². The van der Waals surface area contributed by atoms with Gasteiger partial charge in [-0.1, -0.05) is 72.8 Å². The lowest BCUT2D eigenvalue weighted by atomic mass is 9.90. The first kappa shape index (κ1) is 26.8. The van der Waals surface area contributed by atoms with Crippen molar-refractivity contribution in [1.29, 1.82) is 0 Å². The summed E-state index contributed by atoms with van der Waals surface area (Å²) in [5.41, 5.74) is 5.44. The molecule has 0 fully saturated rings. The molecule has 2 amide bonds. The van der Waals surface area contributed by atoms with Crippen LogP contribution in [0, 0.1) is 13.8 Å². The minimum atomic E-state index is -0.217. The van der Waals surface area contributed by atoms with Crippen molar-refractivity contribution in [3.05, 3.63) is 132 Å². The van der Waals surface area contributed by atoms with Crippen LogP contribution >= 0.6 is 0 Å². The van der Waals surface area contributed by atoms with E-state index in [2.05, 4.69) is 34.2 Å². The second-order valence-corrected chi connectivity index (χ2v) is 10.4. The summed E-state index contributed by atoms with van der Waals surface area (Å²) in [6.07, 6.45) is 0. The largest absolute Gasteiger partial charge is 0.309 e. The number of hydrogen-bond acceptors (Lipinski definition) is 4. The minimum absolute atomic E-state index is 0.217. The molecule has 0 unspecified atom stereocenters. The molecular weight excluding hydrogens is 520 g/mol. The molecule has 2 aromatic heterocycles. The quantitative estimate of drug-likeness (QED) is 0.221. The summed E-state index contributed by atoms with van der Waals surface area (Å²) in [6.45, 7) is 3.74. The number of nitrogens with zero attached hydrogens (tertiary/aromatic N) is 4. The zero-order valence-electron chi connectivity index (χ0n) is 24.0. The van der Waals surface area contributed by atoms with E-state index in [0.29, 0.717) is 22.8 Å². The van der Waals surface area contributed by atoms with Crippen LogP contribution in [-0.4, -0.2) is 35.9 Å². The molecule has 0 saturated heterocycles. The molecule has 6 rings (SSSR count). The molecule has 6 nitrogen and oxygen atoms in total. The first-order chi connectivity index (χ1) is 20.3. The zero-order valence-corrected chi connectivity index (χ0v) is 24.0. The average Bonchev–Trinajstić information content (AvgIpc) is 3.02. The van der Waals surface area contributed by atoms with Crippen LogP contribution in [-0.2, 0) is 0 Å². The van der Waals surface area contributed by atoms with Gasteiger partial charge in [-0.05, 0) is 71.8 Å². The fourth-order valence-corrected chi connectivity index (χ4v) is 5.49. The molecule has 0 N–H and O–H groups in total. The molecule has 0 aliphatic carbocycles. The van der Waals surface area contributed by atoms with Gasteiger partial charge < -0.3 is 9.80 Å². The summed E-state index contributed by atoms with van der Waals surface area (Å²) >= 11 is 0. The number of rotatable bonds is 5. The second kappa shape index (κ2) is 10.9. The topological polar surface area (TPSA) is 66.4 Å². The van der Waals surface area contributed by atoms with E-state index in [1.54, 1.807) is 36.0 Å². The number of carbonyl (C=O) groups is 2. The normalized spacial score (nSPS) is 11.0. The molecular formula is C36H30N4O2. The Morgan fingerprint density at radius 3 is 1.31 bits per heavy atom. The number of pyridine rings is 2. The SMILES string of the molecule is Cc1cccc(C(=O)N(C)c2ccc3ccccc3c2-c2c(N(C)C(=O)c3cccc(C)n3)ccc3ccccc23)n1. The third kappa shape index (κ3) is 4.77. The van der Waals surface area contributed by atoms with Crippen molar-refractivity contribution in [3.63, 3.8) is 0 Å². The molecule has 0 atom stereocenters. The fraction of sp³-hybridized carbons (Fsp3) is 0.111. The first-order valence-electron chi connectivity index (χ1n) is 13.8. The molecule has 4 aromatic carbocycles. The van der Waals surface area contributed by atoms with Gasteiger partial charge in [-0.25, -0.2) is 9.97 Å². The summed E-state index contributed by atoms with van der Waals surface area (Å²) in [5, 5.41) is 4.00. The van der Waals surface area contributed by atoms with Crippen molar-refractivity contribution in [2.75, 3.05) is 23.9 Å². The number of amides is 2. The van der Waals surface area contributed by atoms with Crippen LogP contribution < -0.4 is 9.80 Å². The number of benzene rings is 4. The lowest BCUT2D eigenvalue weighted by Gasteiger charge is -2.27. The molecule has 0 bridgehead atoms. The van der Waals surface area contributed by atoms with E-state index in [0.717, 1.165) is 44.1 Å². The standard InChI is InChI=1S/C36H30N4O2/c1-23-11-9-17-29(37-23)35(41)39(3)31-21-19-25-13-5-7-15-27(25)33(31)34-28-16-8-6-14-26(28)20-22-32(34)40(4)36(42)30-18-10-12-24(2)38-30/h5-22H,1-4H3. The van der Waals surface area contributed by atoms with E-state index < -0.39 is 0 Å². The van der Waals surface area contributed by atoms with Gasteiger partial charge in [-0.3, -0.25) is 9.59 Å².